The van der Waals surface area contributed by atoms with Crippen molar-refractivity contribution in [1.29, 1.82) is 0 Å². The molecule has 2 fully saturated rings. The van der Waals surface area contributed by atoms with Crippen molar-refractivity contribution >= 4 is 11.7 Å². The second-order valence-electron chi connectivity index (χ2n) is 7.35. The van der Waals surface area contributed by atoms with Crippen molar-refractivity contribution in [3.63, 3.8) is 0 Å². The SMILES string of the molecule is CN1CCN2C[C@@H](NC(=O)Nc3cccnc3Oc3ccc(F)cc3)C[C@H]2C1. The van der Waals surface area contributed by atoms with Crippen LogP contribution in [0, 0.1) is 5.82 Å². The van der Waals surface area contributed by atoms with Gasteiger partial charge in [0.15, 0.2) is 0 Å². The Kier molecular flexibility index (Phi) is 5.40. The molecule has 2 aliphatic rings. The van der Waals surface area contributed by atoms with Crippen LogP contribution >= 0.6 is 0 Å². The number of hydrogen-bond donors (Lipinski definition) is 2. The number of halogens is 1. The molecular weight excluding hydrogens is 361 g/mol. The molecule has 0 bridgehead atoms. The van der Waals surface area contributed by atoms with Crippen LogP contribution in [0.3, 0.4) is 0 Å². The summed E-state index contributed by atoms with van der Waals surface area (Å²) >= 11 is 0. The summed E-state index contributed by atoms with van der Waals surface area (Å²) in [4.78, 5) is 21.5. The van der Waals surface area contributed by atoms with Crippen LogP contribution in [-0.4, -0.2) is 66.1 Å². The maximum absolute atomic E-state index is 13.1. The number of rotatable bonds is 4. The van der Waals surface area contributed by atoms with Crippen molar-refractivity contribution in [2.75, 3.05) is 38.5 Å². The molecule has 7 nitrogen and oxygen atoms in total. The van der Waals surface area contributed by atoms with Crippen molar-refractivity contribution in [2.24, 2.45) is 0 Å². The topological polar surface area (TPSA) is 69.7 Å². The average Bonchev–Trinajstić information content (AvgIpc) is 3.06. The Labute approximate surface area is 163 Å². The van der Waals surface area contributed by atoms with E-state index in [9.17, 15) is 9.18 Å². The first-order valence-corrected chi connectivity index (χ1v) is 9.45. The Hall–Kier alpha value is -2.71. The van der Waals surface area contributed by atoms with E-state index in [1.54, 1.807) is 18.3 Å². The van der Waals surface area contributed by atoms with E-state index in [1.807, 2.05) is 0 Å². The highest BCUT2D eigenvalue weighted by atomic mass is 19.1. The standard InChI is InChI=1S/C20H24FN5O2/c1-25-9-10-26-12-15(11-16(26)13-25)23-20(27)24-18-3-2-8-22-19(18)28-17-6-4-14(21)5-7-17/h2-8,15-16H,9-13H2,1H3,(H2,23,24,27)/t15-,16-/m0/s1. The van der Waals surface area contributed by atoms with Gasteiger partial charge in [0.2, 0.25) is 5.88 Å². The number of nitrogens with one attached hydrogen (secondary N) is 2. The molecule has 148 valence electrons. The molecule has 4 rings (SSSR count). The largest absolute Gasteiger partial charge is 0.437 e. The Balaban J connectivity index is 1.36. The number of nitrogens with zero attached hydrogens (tertiary/aromatic N) is 3. The van der Waals surface area contributed by atoms with Gasteiger partial charge < -0.3 is 20.3 Å². The van der Waals surface area contributed by atoms with Gasteiger partial charge in [0.25, 0.3) is 0 Å². The van der Waals surface area contributed by atoms with E-state index >= 15 is 0 Å². The van der Waals surface area contributed by atoms with Crippen molar-refractivity contribution in [3.8, 4) is 11.6 Å². The van der Waals surface area contributed by atoms with Gasteiger partial charge in [-0.3, -0.25) is 4.90 Å². The fraction of sp³-hybridized carbons (Fsp3) is 0.400. The number of carbonyl (C=O) groups is 1. The lowest BCUT2D eigenvalue weighted by molar-refractivity contribution is 0.124. The number of hydrogen-bond acceptors (Lipinski definition) is 5. The highest BCUT2D eigenvalue weighted by Gasteiger charge is 2.35. The van der Waals surface area contributed by atoms with Crippen LogP contribution in [0.2, 0.25) is 0 Å². The number of carbonyl (C=O) groups excluding carboxylic acids is 1. The minimum absolute atomic E-state index is 0.120. The van der Waals surface area contributed by atoms with E-state index in [1.165, 1.54) is 24.3 Å². The summed E-state index contributed by atoms with van der Waals surface area (Å²) in [6, 6.07) is 9.43. The number of fused-ring (bicyclic) bond motifs is 1. The van der Waals surface area contributed by atoms with Crippen molar-refractivity contribution in [2.45, 2.75) is 18.5 Å². The van der Waals surface area contributed by atoms with Crippen LogP contribution in [0.15, 0.2) is 42.6 Å². The van der Waals surface area contributed by atoms with Crippen LogP contribution in [0.25, 0.3) is 0 Å². The molecule has 28 heavy (non-hydrogen) atoms. The number of likely N-dealkylation sites (N-methyl/N-ethyl adjacent to an activating group) is 1. The molecule has 0 saturated carbocycles. The van der Waals surface area contributed by atoms with Crippen LogP contribution in [0.1, 0.15) is 6.42 Å². The lowest BCUT2D eigenvalue weighted by atomic mass is 10.1. The first-order valence-electron chi connectivity index (χ1n) is 9.45. The number of piperazine rings is 1. The molecule has 2 aliphatic heterocycles. The minimum atomic E-state index is -0.342. The van der Waals surface area contributed by atoms with Gasteiger partial charge in [0, 0.05) is 44.5 Å². The molecule has 2 atom stereocenters. The molecule has 2 aromatic rings. The third-order valence-electron chi connectivity index (χ3n) is 5.20. The second kappa shape index (κ2) is 8.12. The van der Waals surface area contributed by atoms with Gasteiger partial charge >= 0.3 is 6.03 Å². The number of anilines is 1. The molecule has 0 radical (unpaired) electrons. The quantitative estimate of drug-likeness (QED) is 0.847. The Morgan fingerprint density at radius 1 is 1.21 bits per heavy atom. The van der Waals surface area contributed by atoms with Gasteiger partial charge in [-0.1, -0.05) is 0 Å². The first-order chi connectivity index (χ1) is 13.6. The molecule has 1 aromatic heterocycles. The van der Waals surface area contributed by atoms with Gasteiger partial charge in [-0.2, -0.15) is 0 Å². The summed E-state index contributed by atoms with van der Waals surface area (Å²) in [5.41, 5.74) is 0.458. The summed E-state index contributed by atoms with van der Waals surface area (Å²) in [5.74, 6) is 0.361. The van der Waals surface area contributed by atoms with E-state index in [-0.39, 0.29) is 23.8 Å². The Morgan fingerprint density at radius 3 is 2.86 bits per heavy atom. The molecule has 3 heterocycles. The van der Waals surface area contributed by atoms with Crippen LogP contribution in [0.5, 0.6) is 11.6 Å². The fourth-order valence-corrected chi connectivity index (χ4v) is 3.83. The van der Waals surface area contributed by atoms with Crippen molar-refractivity contribution < 1.29 is 13.9 Å². The van der Waals surface area contributed by atoms with E-state index in [2.05, 4.69) is 32.5 Å². The predicted octanol–water partition coefficient (Wildman–Crippen LogP) is 2.52. The van der Waals surface area contributed by atoms with Gasteiger partial charge in [0.1, 0.15) is 17.3 Å². The van der Waals surface area contributed by atoms with E-state index in [4.69, 9.17) is 4.74 Å². The zero-order valence-corrected chi connectivity index (χ0v) is 15.8. The maximum atomic E-state index is 13.1. The van der Waals surface area contributed by atoms with Gasteiger partial charge in [-0.05, 0) is 49.9 Å². The number of benzene rings is 1. The summed E-state index contributed by atoms with van der Waals surface area (Å²) in [5, 5.41) is 5.87. The normalized spacial score (nSPS) is 22.5. The molecule has 1 aromatic carbocycles. The number of aromatic nitrogens is 1. The van der Waals surface area contributed by atoms with Crippen LogP contribution in [0.4, 0.5) is 14.9 Å². The van der Waals surface area contributed by atoms with Crippen molar-refractivity contribution in [3.05, 3.63) is 48.4 Å². The molecule has 2 saturated heterocycles. The van der Waals surface area contributed by atoms with Crippen molar-refractivity contribution in [1.82, 2.24) is 20.1 Å². The summed E-state index contributed by atoms with van der Waals surface area (Å²) < 4.78 is 18.7. The first kappa shape index (κ1) is 18.6. The Bertz CT molecular complexity index is 832. The third kappa shape index (κ3) is 4.40. The van der Waals surface area contributed by atoms with E-state index in [0.717, 1.165) is 32.6 Å². The number of amides is 2. The number of pyridine rings is 1. The molecule has 2 N–H and O–H groups in total. The predicted molar refractivity (Wildman–Crippen MR) is 104 cm³/mol. The third-order valence-corrected chi connectivity index (χ3v) is 5.20. The molecular formula is C20H24FN5O2. The maximum Gasteiger partial charge on any atom is 0.319 e. The Morgan fingerprint density at radius 2 is 2.04 bits per heavy atom. The zero-order chi connectivity index (χ0) is 19.5. The lowest BCUT2D eigenvalue weighted by Crippen LogP contribution is -2.48. The number of ether oxygens (including phenoxy) is 1. The highest BCUT2D eigenvalue weighted by molar-refractivity contribution is 5.90. The number of urea groups is 1. The minimum Gasteiger partial charge on any atom is -0.437 e. The zero-order valence-electron chi connectivity index (χ0n) is 15.8. The van der Waals surface area contributed by atoms with Crippen LogP contribution < -0.4 is 15.4 Å². The van der Waals surface area contributed by atoms with Gasteiger partial charge in [0.05, 0.1) is 0 Å². The summed E-state index contributed by atoms with van der Waals surface area (Å²) in [7, 11) is 2.13. The van der Waals surface area contributed by atoms with E-state index < -0.39 is 0 Å². The molecule has 8 heteroatoms. The molecule has 2 amide bonds. The molecule has 0 unspecified atom stereocenters. The smallest absolute Gasteiger partial charge is 0.319 e. The van der Waals surface area contributed by atoms with E-state index in [0.29, 0.717) is 17.5 Å². The molecule has 0 aliphatic carbocycles. The lowest BCUT2D eigenvalue weighted by Gasteiger charge is -2.34. The highest BCUT2D eigenvalue weighted by Crippen LogP contribution is 2.27. The van der Waals surface area contributed by atoms with Crippen LogP contribution in [-0.2, 0) is 0 Å². The second-order valence-corrected chi connectivity index (χ2v) is 7.35. The summed E-state index contributed by atoms with van der Waals surface area (Å²) in [6.07, 6.45) is 2.52. The van der Waals surface area contributed by atoms with Gasteiger partial charge in [-0.15, -0.1) is 0 Å². The van der Waals surface area contributed by atoms with Gasteiger partial charge in [-0.25, -0.2) is 14.2 Å². The monoisotopic (exact) mass is 385 g/mol. The average molecular weight is 385 g/mol. The summed E-state index contributed by atoms with van der Waals surface area (Å²) in [6.45, 7) is 4.02. The molecule has 0 spiro atoms. The fourth-order valence-electron chi connectivity index (χ4n) is 3.83.